The van der Waals surface area contributed by atoms with Crippen LogP contribution in [0.3, 0.4) is 0 Å². The van der Waals surface area contributed by atoms with Gasteiger partial charge < -0.3 is 9.80 Å². The van der Waals surface area contributed by atoms with Gasteiger partial charge in [0.1, 0.15) is 12.4 Å². The first kappa shape index (κ1) is 18.9. The monoisotopic (exact) mass is 461 g/mol. The van der Waals surface area contributed by atoms with Gasteiger partial charge >= 0.3 is 0 Å². The van der Waals surface area contributed by atoms with Crippen LogP contribution in [0.1, 0.15) is 0 Å². The lowest BCUT2D eigenvalue weighted by atomic mass is 10.2. The van der Waals surface area contributed by atoms with E-state index < -0.39 is 0 Å². The number of halogens is 2. The molecular weight excluding hydrogens is 446 g/mol. The van der Waals surface area contributed by atoms with E-state index in [2.05, 4.69) is 30.8 Å². The Morgan fingerprint density at radius 2 is 1.89 bits per heavy atom. The quantitative estimate of drug-likeness (QED) is 0.598. The molecule has 0 N–H and O–H groups in total. The predicted molar refractivity (Wildman–Crippen MR) is 112 cm³/mol. The fourth-order valence-electron chi connectivity index (χ4n) is 3.23. The summed E-state index contributed by atoms with van der Waals surface area (Å²) in [5.74, 6) is 0.749. The molecule has 3 heterocycles. The van der Waals surface area contributed by atoms with Crippen molar-refractivity contribution in [2.45, 2.75) is 6.54 Å². The second-order valence-electron chi connectivity index (χ2n) is 6.54. The normalized spacial score (nSPS) is 14.5. The maximum atomic E-state index is 12.7. The van der Waals surface area contributed by atoms with Gasteiger partial charge in [0.15, 0.2) is 0 Å². The van der Waals surface area contributed by atoms with Crippen molar-refractivity contribution >= 4 is 50.2 Å². The van der Waals surface area contributed by atoms with Crippen molar-refractivity contribution in [1.82, 2.24) is 19.4 Å². The first-order chi connectivity index (χ1) is 13.5. The molecule has 3 aromatic rings. The average Bonchev–Trinajstić information content (AvgIpc) is 2.71. The molecule has 0 radical (unpaired) electrons. The van der Waals surface area contributed by atoms with Crippen molar-refractivity contribution < 1.29 is 4.79 Å². The van der Waals surface area contributed by atoms with E-state index in [0.717, 1.165) is 10.3 Å². The fourth-order valence-corrected chi connectivity index (χ4v) is 3.70. The Hall–Kier alpha value is -2.45. The van der Waals surface area contributed by atoms with E-state index in [1.54, 1.807) is 29.3 Å². The van der Waals surface area contributed by atoms with E-state index in [4.69, 9.17) is 11.6 Å². The van der Waals surface area contributed by atoms with E-state index in [-0.39, 0.29) is 18.0 Å². The van der Waals surface area contributed by atoms with Gasteiger partial charge in [-0.15, -0.1) is 0 Å². The van der Waals surface area contributed by atoms with Crippen LogP contribution in [0.5, 0.6) is 0 Å². The Labute approximate surface area is 174 Å². The predicted octanol–water partition coefficient (Wildman–Crippen LogP) is 2.56. The molecule has 2 aromatic heterocycles. The molecule has 1 aliphatic heterocycles. The van der Waals surface area contributed by atoms with Crippen molar-refractivity contribution in [3.63, 3.8) is 0 Å². The minimum Gasteiger partial charge on any atom is -0.353 e. The Kier molecular flexibility index (Phi) is 5.32. The van der Waals surface area contributed by atoms with E-state index in [0.29, 0.717) is 42.1 Å². The molecule has 4 rings (SSSR count). The highest BCUT2D eigenvalue weighted by Crippen LogP contribution is 2.17. The van der Waals surface area contributed by atoms with E-state index in [1.807, 2.05) is 12.1 Å². The molecular formula is C19H17BrClN5O2. The van der Waals surface area contributed by atoms with Crippen LogP contribution in [-0.4, -0.2) is 51.5 Å². The molecule has 0 bridgehead atoms. The molecule has 144 valence electrons. The lowest BCUT2D eigenvalue weighted by Crippen LogP contribution is -2.50. The number of piperazine rings is 1. The second kappa shape index (κ2) is 7.89. The van der Waals surface area contributed by atoms with Gasteiger partial charge in [-0.05, 0) is 30.3 Å². The highest BCUT2D eigenvalue weighted by Gasteiger charge is 2.22. The Morgan fingerprint density at radius 3 is 2.61 bits per heavy atom. The number of aromatic nitrogens is 3. The Balaban J connectivity index is 1.43. The number of rotatable bonds is 3. The molecule has 28 heavy (non-hydrogen) atoms. The number of pyridine rings is 1. The summed E-state index contributed by atoms with van der Waals surface area (Å²) >= 11 is 9.25. The zero-order valence-electron chi connectivity index (χ0n) is 14.9. The van der Waals surface area contributed by atoms with Gasteiger partial charge in [0, 0.05) is 36.8 Å². The van der Waals surface area contributed by atoms with Gasteiger partial charge in [0.05, 0.1) is 22.3 Å². The van der Waals surface area contributed by atoms with Gasteiger partial charge in [-0.2, -0.15) is 0 Å². The molecule has 0 atom stereocenters. The third kappa shape index (κ3) is 3.88. The Morgan fingerprint density at radius 1 is 1.11 bits per heavy atom. The number of hydrogen-bond donors (Lipinski definition) is 0. The van der Waals surface area contributed by atoms with Gasteiger partial charge in [0.2, 0.25) is 5.91 Å². The first-order valence-electron chi connectivity index (χ1n) is 8.80. The molecule has 1 amide bonds. The summed E-state index contributed by atoms with van der Waals surface area (Å²) in [5.41, 5.74) is 0.393. The zero-order valence-corrected chi connectivity index (χ0v) is 17.2. The smallest absolute Gasteiger partial charge is 0.261 e. The largest absolute Gasteiger partial charge is 0.353 e. The molecule has 1 aliphatic rings. The number of fused-ring (bicyclic) bond motifs is 1. The van der Waals surface area contributed by atoms with Gasteiger partial charge in [-0.1, -0.05) is 27.5 Å². The number of amides is 1. The minimum atomic E-state index is -0.219. The Bertz CT molecular complexity index is 1080. The fraction of sp³-hybridized carbons (Fsp3) is 0.263. The van der Waals surface area contributed by atoms with Crippen LogP contribution in [0.2, 0.25) is 5.02 Å². The van der Waals surface area contributed by atoms with Gasteiger partial charge in [0.25, 0.3) is 5.56 Å². The molecule has 0 aliphatic carbocycles. The van der Waals surface area contributed by atoms with Crippen LogP contribution in [0.15, 0.2) is 52.1 Å². The molecule has 1 aromatic carbocycles. The van der Waals surface area contributed by atoms with Crippen molar-refractivity contribution in [2.24, 2.45) is 0 Å². The molecule has 0 saturated carbocycles. The van der Waals surface area contributed by atoms with E-state index >= 15 is 0 Å². The second-order valence-corrected chi connectivity index (χ2v) is 7.89. The van der Waals surface area contributed by atoms with Crippen LogP contribution < -0.4 is 10.5 Å². The van der Waals surface area contributed by atoms with Crippen molar-refractivity contribution in [1.29, 1.82) is 0 Å². The van der Waals surface area contributed by atoms with Crippen LogP contribution >= 0.6 is 27.5 Å². The third-order valence-corrected chi connectivity index (χ3v) is 5.48. The number of anilines is 1. The summed E-state index contributed by atoms with van der Waals surface area (Å²) in [5, 5.41) is 1.09. The minimum absolute atomic E-state index is 0.0204. The number of nitrogens with zero attached hydrogens (tertiary/aromatic N) is 5. The zero-order chi connectivity index (χ0) is 19.7. The summed E-state index contributed by atoms with van der Waals surface area (Å²) < 4.78 is 2.17. The number of hydrogen-bond acceptors (Lipinski definition) is 5. The van der Waals surface area contributed by atoms with Crippen LogP contribution in [-0.2, 0) is 11.3 Å². The average molecular weight is 463 g/mol. The standard InChI is InChI=1S/C19H17BrClN5O2/c20-13-1-3-16-15(9-13)19(28)26(12-23-16)11-18(27)25-7-5-24(6-8-25)17-4-2-14(21)10-22-17/h1-4,9-10,12H,5-8,11H2. The SMILES string of the molecule is O=C(Cn1cnc2ccc(Br)cc2c1=O)N1CCN(c2ccc(Cl)cn2)CC1. The summed E-state index contributed by atoms with van der Waals surface area (Å²) in [6.07, 6.45) is 3.05. The molecule has 1 fully saturated rings. The van der Waals surface area contributed by atoms with Crippen LogP contribution in [0, 0.1) is 0 Å². The highest BCUT2D eigenvalue weighted by molar-refractivity contribution is 9.10. The van der Waals surface area contributed by atoms with E-state index in [1.165, 1.54) is 10.9 Å². The number of benzene rings is 1. The van der Waals surface area contributed by atoms with Crippen molar-refractivity contribution in [3.8, 4) is 0 Å². The molecule has 9 heteroatoms. The van der Waals surface area contributed by atoms with E-state index in [9.17, 15) is 9.59 Å². The van der Waals surface area contributed by atoms with Crippen LogP contribution in [0.25, 0.3) is 10.9 Å². The highest BCUT2D eigenvalue weighted by atomic mass is 79.9. The van der Waals surface area contributed by atoms with Gasteiger partial charge in [-0.3, -0.25) is 14.2 Å². The molecule has 0 unspecified atom stereocenters. The van der Waals surface area contributed by atoms with Crippen molar-refractivity contribution in [3.05, 3.63) is 62.7 Å². The summed E-state index contributed by atoms with van der Waals surface area (Å²) in [4.78, 5) is 37.8. The third-order valence-electron chi connectivity index (χ3n) is 4.76. The number of carbonyl (C=O) groups excluding carboxylic acids is 1. The lowest BCUT2D eigenvalue weighted by Gasteiger charge is -2.35. The summed E-state index contributed by atoms with van der Waals surface area (Å²) in [6.45, 7) is 2.48. The summed E-state index contributed by atoms with van der Waals surface area (Å²) in [7, 11) is 0. The maximum absolute atomic E-state index is 12.7. The van der Waals surface area contributed by atoms with Crippen LogP contribution in [0.4, 0.5) is 5.82 Å². The number of carbonyl (C=O) groups is 1. The lowest BCUT2D eigenvalue weighted by molar-refractivity contribution is -0.132. The molecule has 7 nitrogen and oxygen atoms in total. The molecule has 0 spiro atoms. The maximum Gasteiger partial charge on any atom is 0.261 e. The van der Waals surface area contributed by atoms with Gasteiger partial charge in [-0.25, -0.2) is 9.97 Å². The topological polar surface area (TPSA) is 71.3 Å². The summed E-state index contributed by atoms with van der Waals surface area (Å²) in [6, 6.07) is 9.01. The van der Waals surface area contributed by atoms with Crippen molar-refractivity contribution in [2.75, 3.05) is 31.1 Å². The first-order valence-corrected chi connectivity index (χ1v) is 9.97. The molecule has 1 saturated heterocycles.